The van der Waals surface area contributed by atoms with E-state index in [1.165, 1.54) is 102 Å². The quantitative estimate of drug-likeness (QED) is 0.185. The van der Waals surface area contributed by atoms with E-state index in [1.807, 2.05) is 0 Å². The number of hydrogen-bond donors (Lipinski definition) is 0. The topological polar surface area (TPSA) is 6.48 Å². The Hall–Kier alpha value is -3.37. The van der Waals surface area contributed by atoms with E-state index in [1.54, 1.807) is 32.8 Å². The molecule has 3 heterocycles. The van der Waals surface area contributed by atoms with E-state index in [4.69, 9.17) is 0 Å². The summed E-state index contributed by atoms with van der Waals surface area (Å²) in [6, 6.07) is 28.2. The SMILES string of the molecule is CC1(C)CCC(C)(C)c2cc(N3C4=C(SC5C4C(C)(C)CCC5(C)C)B4c5cc6c(cc5N(c5ccc7c(c5)C(C)(C)CCC7(C)C)c5cccc3c54)C(C)(C)CCC6(C)C)ccc21. The van der Waals surface area contributed by atoms with E-state index in [0.29, 0.717) is 11.2 Å². The van der Waals surface area contributed by atoms with Crippen molar-refractivity contribution in [1.82, 2.24) is 0 Å². The van der Waals surface area contributed by atoms with Gasteiger partial charge in [0, 0.05) is 45.3 Å². The highest BCUT2D eigenvalue weighted by molar-refractivity contribution is 8.06. The van der Waals surface area contributed by atoms with Crippen molar-refractivity contribution in [2.75, 3.05) is 9.80 Å². The van der Waals surface area contributed by atoms with Crippen LogP contribution in [0.2, 0.25) is 0 Å². The summed E-state index contributed by atoms with van der Waals surface area (Å²) in [6.45, 7) is 40.5. The Morgan fingerprint density at radius 1 is 0.438 bits per heavy atom. The maximum Gasteiger partial charge on any atom is 0.259 e. The first kappa shape index (κ1) is 43.2. The minimum Gasteiger partial charge on any atom is -0.314 e. The average Bonchev–Trinajstić information content (AvgIpc) is 3.64. The molecule has 3 aliphatic heterocycles. The Morgan fingerprint density at radius 3 is 1.38 bits per heavy atom. The lowest BCUT2D eigenvalue weighted by Gasteiger charge is -2.52. The summed E-state index contributed by atoms with van der Waals surface area (Å²) in [7, 11) is 0. The van der Waals surface area contributed by atoms with Crippen LogP contribution in [-0.4, -0.2) is 12.0 Å². The van der Waals surface area contributed by atoms with Gasteiger partial charge in [0.15, 0.2) is 0 Å². The monoisotopic (exact) mass is 869 g/mol. The lowest BCUT2D eigenvalue weighted by Crippen LogP contribution is -2.56. The molecule has 64 heavy (non-hydrogen) atoms. The molecule has 336 valence electrons. The molecule has 4 aromatic carbocycles. The van der Waals surface area contributed by atoms with Gasteiger partial charge in [-0.15, -0.1) is 11.8 Å². The fourth-order valence-corrected chi connectivity index (χ4v) is 16.4. The smallest absolute Gasteiger partial charge is 0.259 e. The number of thioether (sulfide) groups is 1. The van der Waals surface area contributed by atoms with Crippen LogP contribution in [0, 0.1) is 16.7 Å². The second-order valence-corrected chi connectivity index (χ2v) is 28.5. The number of anilines is 5. The molecule has 4 heteroatoms. The fraction of sp³-hybridized carbons (Fsp3) is 0.567. The van der Waals surface area contributed by atoms with Crippen molar-refractivity contribution in [2.45, 2.75) is 200 Å². The standard InChI is InChI=1S/C60H77BN2S/c1-53(2)24-26-55(5,6)40-32-36(20-22-38(40)53)62-45-18-17-19-46-49(45)61(44-34-42-43(35-47(44)62)58(11,12)29-28-57(42,9)10)52-50(48-51(64-52)60(15,16)31-30-59(48,13)14)63(46)37-21-23-39-41(33-37)56(7,8)27-25-54(39,3)4/h17-23,32-35,48,51H,24-31H2,1-16H3. The van der Waals surface area contributed by atoms with Crippen LogP contribution in [0.15, 0.2) is 77.2 Å². The van der Waals surface area contributed by atoms with Gasteiger partial charge in [0.05, 0.1) is 0 Å². The van der Waals surface area contributed by atoms with Crippen LogP contribution in [0.4, 0.5) is 28.4 Å². The van der Waals surface area contributed by atoms with E-state index in [0.717, 1.165) is 0 Å². The third-order valence-corrected chi connectivity index (χ3v) is 21.1. The molecule has 11 rings (SSSR count). The second kappa shape index (κ2) is 13.2. The Bertz CT molecular complexity index is 2700. The fourth-order valence-electron chi connectivity index (χ4n) is 14.3. The second-order valence-electron chi connectivity index (χ2n) is 27.3. The van der Waals surface area contributed by atoms with Crippen molar-refractivity contribution in [2.24, 2.45) is 16.7 Å². The summed E-state index contributed by atoms with van der Waals surface area (Å²) >= 11 is 2.29. The van der Waals surface area contributed by atoms with Crippen molar-refractivity contribution in [3.63, 3.8) is 0 Å². The molecule has 0 aromatic heterocycles. The van der Waals surface area contributed by atoms with Gasteiger partial charge < -0.3 is 9.80 Å². The number of rotatable bonds is 2. The van der Waals surface area contributed by atoms with Gasteiger partial charge in [-0.2, -0.15) is 0 Å². The molecule has 0 N–H and O–H groups in total. The highest BCUT2D eigenvalue weighted by Crippen LogP contribution is 2.66. The lowest BCUT2D eigenvalue weighted by molar-refractivity contribution is 0.0881. The minimum absolute atomic E-state index is 0.100. The van der Waals surface area contributed by atoms with E-state index in [9.17, 15) is 0 Å². The maximum atomic E-state index is 2.84. The Kier molecular flexibility index (Phi) is 8.91. The number of hydrogen-bond acceptors (Lipinski definition) is 3. The molecule has 0 amide bonds. The van der Waals surface area contributed by atoms with Gasteiger partial charge in [0.2, 0.25) is 0 Å². The third kappa shape index (κ3) is 5.97. The average molecular weight is 869 g/mol. The van der Waals surface area contributed by atoms with Gasteiger partial charge in [0.25, 0.3) is 6.71 Å². The number of fused-ring (bicyclic) bond motifs is 8. The van der Waals surface area contributed by atoms with E-state index in [-0.39, 0.29) is 50.0 Å². The van der Waals surface area contributed by atoms with Gasteiger partial charge in [-0.3, -0.25) is 0 Å². The zero-order valence-electron chi connectivity index (χ0n) is 42.5. The molecule has 2 nitrogen and oxygen atoms in total. The zero-order valence-corrected chi connectivity index (χ0v) is 43.4. The van der Waals surface area contributed by atoms with Crippen molar-refractivity contribution >= 4 is 57.8 Å². The van der Waals surface area contributed by atoms with Gasteiger partial charge >= 0.3 is 0 Å². The summed E-state index contributed by atoms with van der Waals surface area (Å²) in [5, 5.41) is 0.509. The molecule has 1 saturated carbocycles. The minimum atomic E-state index is 0.100. The summed E-state index contributed by atoms with van der Waals surface area (Å²) < 4.78 is 0. The third-order valence-electron chi connectivity index (χ3n) is 19.2. The van der Waals surface area contributed by atoms with Crippen LogP contribution in [0.25, 0.3) is 0 Å². The van der Waals surface area contributed by atoms with E-state index < -0.39 is 0 Å². The van der Waals surface area contributed by atoms with E-state index >= 15 is 0 Å². The molecule has 0 saturated heterocycles. The molecular formula is C60H77BN2S. The van der Waals surface area contributed by atoms with Gasteiger partial charge in [-0.25, -0.2) is 0 Å². The van der Waals surface area contributed by atoms with Crippen molar-refractivity contribution in [3.8, 4) is 0 Å². The summed E-state index contributed by atoms with van der Waals surface area (Å²) in [6.07, 6.45) is 9.82. The molecule has 0 bridgehead atoms. The van der Waals surface area contributed by atoms with Crippen LogP contribution < -0.4 is 20.7 Å². The normalized spacial score (nSPS) is 27.3. The van der Waals surface area contributed by atoms with Crippen LogP contribution in [0.3, 0.4) is 0 Å². The first-order valence-electron chi connectivity index (χ1n) is 25.3. The summed E-state index contributed by atoms with van der Waals surface area (Å²) in [5.74, 6) is 0.439. The van der Waals surface area contributed by atoms with E-state index in [2.05, 4.69) is 199 Å². The molecule has 2 unspecified atom stereocenters. The first-order valence-corrected chi connectivity index (χ1v) is 26.2. The lowest BCUT2D eigenvalue weighted by atomic mass is 9.35. The van der Waals surface area contributed by atoms with Gasteiger partial charge in [0.1, 0.15) is 0 Å². The summed E-state index contributed by atoms with van der Waals surface area (Å²) in [5.41, 5.74) is 21.9. The molecule has 7 aliphatic rings. The maximum absolute atomic E-state index is 2.84. The Balaban J connectivity index is 1.24. The number of allylic oxidation sites excluding steroid dienone is 1. The Morgan fingerprint density at radius 2 is 0.859 bits per heavy atom. The van der Waals surface area contributed by atoms with Crippen molar-refractivity contribution < 1.29 is 0 Å². The zero-order chi connectivity index (χ0) is 45.7. The van der Waals surface area contributed by atoms with Crippen LogP contribution in [0.5, 0.6) is 0 Å². The molecule has 1 fully saturated rings. The largest absolute Gasteiger partial charge is 0.314 e. The van der Waals surface area contributed by atoms with Crippen LogP contribution in [0.1, 0.15) is 196 Å². The Labute approximate surface area is 392 Å². The molecule has 0 radical (unpaired) electrons. The van der Waals surface area contributed by atoms with Crippen molar-refractivity contribution in [1.29, 1.82) is 0 Å². The molecule has 4 aliphatic carbocycles. The van der Waals surface area contributed by atoms with Gasteiger partial charge in [-0.05, 0) is 186 Å². The molecule has 2 atom stereocenters. The number of benzene rings is 4. The van der Waals surface area contributed by atoms with Crippen molar-refractivity contribution in [3.05, 3.63) is 111 Å². The number of nitrogens with zero attached hydrogens (tertiary/aromatic N) is 2. The predicted octanol–water partition coefficient (Wildman–Crippen LogP) is 15.6. The summed E-state index contributed by atoms with van der Waals surface area (Å²) in [4.78, 5) is 7.21. The molecule has 4 aromatic rings. The molecule has 0 spiro atoms. The predicted molar refractivity (Wildman–Crippen MR) is 279 cm³/mol. The van der Waals surface area contributed by atoms with Crippen LogP contribution in [-0.2, 0) is 32.5 Å². The molecular weight excluding hydrogens is 792 g/mol. The van der Waals surface area contributed by atoms with Crippen LogP contribution >= 0.6 is 11.8 Å². The first-order chi connectivity index (χ1) is 29.7. The highest BCUT2D eigenvalue weighted by atomic mass is 32.2. The highest BCUT2D eigenvalue weighted by Gasteiger charge is 2.60. The van der Waals surface area contributed by atoms with Gasteiger partial charge in [-0.1, -0.05) is 135 Å².